The molecule has 0 aliphatic carbocycles. The van der Waals surface area contributed by atoms with Crippen molar-refractivity contribution < 1.29 is 13.2 Å². The predicted molar refractivity (Wildman–Crippen MR) is 49.3 cm³/mol. The average molecular weight is 199 g/mol. The second-order valence-electron chi connectivity index (χ2n) is 2.49. The van der Waals surface area contributed by atoms with Crippen LogP contribution in [0.3, 0.4) is 0 Å². The lowest BCUT2D eigenvalue weighted by Gasteiger charge is -2.00. The summed E-state index contributed by atoms with van der Waals surface area (Å²) in [5.74, 6) is -0.181. The van der Waals surface area contributed by atoms with Crippen LogP contribution in [0.2, 0.25) is 0 Å². The molecule has 0 aliphatic rings. The normalized spacial score (nSPS) is 10.0. The molecule has 1 amide bonds. The lowest BCUT2D eigenvalue weighted by molar-refractivity contribution is -0.114. The molecule has 0 saturated heterocycles. The topological polar surface area (TPSA) is 63.2 Å². The van der Waals surface area contributed by atoms with Crippen LogP contribution in [0.15, 0.2) is 29.2 Å². The summed E-state index contributed by atoms with van der Waals surface area (Å²) in [7, 11) is -2.54. The largest absolute Gasteiger partial charge is 0.326 e. The van der Waals surface area contributed by atoms with Gasteiger partial charge < -0.3 is 5.32 Å². The molecular weight excluding hydrogens is 190 g/mol. The fraction of sp³-hybridized carbons (Fsp3) is 0.125. The number of carbonyl (C=O) groups is 1. The van der Waals surface area contributed by atoms with Crippen LogP contribution in [0.5, 0.6) is 0 Å². The zero-order chi connectivity index (χ0) is 9.84. The smallest absolute Gasteiger partial charge is 0.221 e. The highest BCUT2D eigenvalue weighted by molar-refractivity contribution is 7.72. The second kappa shape index (κ2) is 4.04. The Morgan fingerprint density at radius 2 is 1.77 bits per heavy atom. The third-order valence-corrected chi connectivity index (χ3v) is 2.12. The summed E-state index contributed by atoms with van der Waals surface area (Å²) in [6.07, 6.45) is 0. The van der Waals surface area contributed by atoms with Crippen molar-refractivity contribution in [3.05, 3.63) is 24.3 Å². The molecule has 1 aromatic carbocycles. The van der Waals surface area contributed by atoms with Crippen LogP contribution in [0.25, 0.3) is 0 Å². The van der Waals surface area contributed by atoms with Gasteiger partial charge in [-0.25, -0.2) is 8.42 Å². The predicted octanol–water partition coefficient (Wildman–Crippen LogP) is 0.615. The van der Waals surface area contributed by atoms with Crippen molar-refractivity contribution in [3.63, 3.8) is 0 Å². The Morgan fingerprint density at radius 1 is 1.23 bits per heavy atom. The first-order chi connectivity index (χ1) is 6.09. The molecular formula is C8H9NO3S. The van der Waals surface area contributed by atoms with Gasteiger partial charge in [0.25, 0.3) is 0 Å². The number of nitrogens with one attached hydrogen (secondary N) is 1. The van der Waals surface area contributed by atoms with E-state index in [2.05, 4.69) is 5.32 Å². The van der Waals surface area contributed by atoms with Crippen molar-refractivity contribution in [1.82, 2.24) is 0 Å². The molecule has 13 heavy (non-hydrogen) atoms. The van der Waals surface area contributed by atoms with Crippen LogP contribution in [0.1, 0.15) is 6.92 Å². The number of amides is 1. The lowest BCUT2D eigenvalue weighted by atomic mass is 10.3. The van der Waals surface area contributed by atoms with Crippen molar-refractivity contribution in [2.24, 2.45) is 0 Å². The number of rotatable bonds is 2. The van der Waals surface area contributed by atoms with Gasteiger partial charge in [-0.05, 0) is 24.3 Å². The number of carbonyl (C=O) groups excluding carboxylic acids is 1. The molecule has 0 atom stereocenters. The van der Waals surface area contributed by atoms with Crippen molar-refractivity contribution in [1.29, 1.82) is 0 Å². The third kappa shape index (κ3) is 2.87. The maximum atomic E-state index is 10.6. The summed E-state index contributed by atoms with van der Waals surface area (Å²) < 4.78 is 21.0. The first-order valence-corrected chi connectivity index (χ1v) is 4.79. The molecule has 0 saturated carbocycles. The highest BCUT2D eigenvalue weighted by atomic mass is 32.2. The number of hydrogen-bond donors (Lipinski definition) is 2. The van der Waals surface area contributed by atoms with Crippen molar-refractivity contribution >= 4 is 22.3 Å². The quantitative estimate of drug-likeness (QED) is 0.686. The number of benzene rings is 1. The van der Waals surface area contributed by atoms with Crippen molar-refractivity contribution in [3.8, 4) is 0 Å². The molecule has 0 fully saturated rings. The monoisotopic (exact) mass is 199 g/mol. The van der Waals surface area contributed by atoms with E-state index in [-0.39, 0.29) is 10.8 Å². The van der Waals surface area contributed by atoms with Crippen LogP contribution in [-0.4, -0.2) is 14.3 Å². The Balaban J connectivity index is 2.87. The average Bonchev–Trinajstić information content (AvgIpc) is 2.04. The highest BCUT2D eigenvalue weighted by Crippen LogP contribution is 2.09. The zero-order valence-corrected chi connectivity index (χ0v) is 7.88. The minimum Gasteiger partial charge on any atom is -0.326 e. The van der Waals surface area contributed by atoms with Gasteiger partial charge in [0.05, 0.1) is 4.90 Å². The molecule has 1 N–H and O–H groups in total. The summed E-state index contributed by atoms with van der Waals surface area (Å²) in [6, 6.07) is 5.97. The first kappa shape index (κ1) is 9.73. The van der Waals surface area contributed by atoms with E-state index in [0.717, 1.165) is 0 Å². The standard InChI is InChI=1S/C8H9NO3S/c1-6(10)9-7-2-4-8(5-3-7)13(11)12/h2-5,13H,1H3,(H,9,10). The highest BCUT2D eigenvalue weighted by Gasteiger charge is 1.96. The molecule has 0 radical (unpaired) electrons. The maximum absolute atomic E-state index is 10.6. The Bertz CT molecular complexity index is 373. The van der Waals surface area contributed by atoms with Gasteiger partial charge in [-0.1, -0.05) is 0 Å². The van der Waals surface area contributed by atoms with E-state index in [9.17, 15) is 13.2 Å². The van der Waals surface area contributed by atoms with E-state index in [1.807, 2.05) is 0 Å². The van der Waals surface area contributed by atoms with Gasteiger partial charge >= 0.3 is 0 Å². The van der Waals surface area contributed by atoms with Gasteiger partial charge in [0.1, 0.15) is 0 Å². The first-order valence-electron chi connectivity index (χ1n) is 3.61. The summed E-state index contributed by atoms with van der Waals surface area (Å²) >= 11 is 0. The van der Waals surface area contributed by atoms with E-state index >= 15 is 0 Å². The Hall–Kier alpha value is -1.36. The molecule has 70 valence electrons. The fourth-order valence-electron chi connectivity index (χ4n) is 0.870. The summed E-state index contributed by atoms with van der Waals surface area (Å²) in [4.78, 5) is 10.8. The van der Waals surface area contributed by atoms with E-state index in [1.54, 1.807) is 12.1 Å². The van der Waals surface area contributed by atoms with Crippen LogP contribution < -0.4 is 5.32 Å². The zero-order valence-electron chi connectivity index (χ0n) is 6.98. The van der Waals surface area contributed by atoms with E-state index in [1.165, 1.54) is 19.1 Å². The molecule has 0 heterocycles. The Kier molecular flexibility index (Phi) is 3.02. The van der Waals surface area contributed by atoms with Gasteiger partial charge in [0, 0.05) is 12.6 Å². The molecule has 0 bridgehead atoms. The molecule has 5 heteroatoms. The van der Waals surface area contributed by atoms with E-state index in [4.69, 9.17) is 0 Å². The maximum Gasteiger partial charge on any atom is 0.221 e. The third-order valence-electron chi connectivity index (χ3n) is 1.40. The van der Waals surface area contributed by atoms with Gasteiger partial charge in [0.15, 0.2) is 10.7 Å². The van der Waals surface area contributed by atoms with Gasteiger partial charge in [-0.15, -0.1) is 0 Å². The Morgan fingerprint density at radius 3 is 2.15 bits per heavy atom. The molecule has 1 rings (SSSR count). The molecule has 0 aromatic heterocycles. The van der Waals surface area contributed by atoms with E-state index in [0.29, 0.717) is 5.69 Å². The lowest BCUT2D eigenvalue weighted by Crippen LogP contribution is -2.05. The summed E-state index contributed by atoms with van der Waals surface area (Å²) in [5, 5.41) is 2.54. The van der Waals surface area contributed by atoms with Crippen LogP contribution in [0.4, 0.5) is 5.69 Å². The second-order valence-corrected chi connectivity index (χ2v) is 3.52. The van der Waals surface area contributed by atoms with Crippen molar-refractivity contribution in [2.75, 3.05) is 5.32 Å². The molecule has 1 aromatic rings. The van der Waals surface area contributed by atoms with Crippen LogP contribution >= 0.6 is 0 Å². The summed E-state index contributed by atoms with van der Waals surface area (Å²) in [6.45, 7) is 1.39. The Labute approximate surface area is 77.5 Å². The molecule has 0 spiro atoms. The van der Waals surface area contributed by atoms with Gasteiger partial charge in [-0.3, -0.25) is 4.79 Å². The minimum atomic E-state index is -2.54. The van der Waals surface area contributed by atoms with Gasteiger partial charge in [-0.2, -0.15) is 0 Å². The SMILES string of the molecule is CC(=O)Nc1ccc([SH](=O)=O)cc1. The number of thiol groups is 1. The minimum absolute atomic E-state index is 0.181. The van der Waals surface area contributed by atoms with E-state index < -0.39 is 10.7 Å². The summed E-state index contributed by atoms with van der Waals surface area (Å²) in [5.41, 5.74) is 0.591. The van der Waals surface area contributed by atoms with Crippen molar-refractivity contribution in [2.45, 2.75) is 11.8 Å². The van der Waals surface area contributed by atoms with Crippen LogP contribution in [0, 0.1) is 0 Å². The number of anilines is 1. The number of hydrogen-bond acceptors (Lipinski definition) is 3. The molecule has 0 aliphatic heterocycles. The fourth-order valence-corrected chi connectivity index (χ4v) is 1.26. The molecule has 4 nitrogen and oxygen atoms in total. The van der Waals surface area contributed by atoms with Crippen LogP contribution in [-0.2, 0) is 15.5 Å². The van der Waals surface area contributed by atoms with Gasteiger partial charge in [0.2, 0.25) is 5.91 Å². The molecule has 0 unspecified atom stereocenters.